The van der Waals surface area contributed by atoms with Crippen LogP contribution in [-0.4, -0.2) is 8.07 Å². The second-order valence-electron chi connectivity index (χ2n) is 17.0. The van der Waals surface area contributed by atoms with E-state index in [9.17, 15) is 0 Å². The van der Waals surface area contributed by atoms with Gasteiger partial charge in [-0.2, -0.15) is 0 Å². The van der Waals surface area contributed by atoms with Gasteiger partial charge >= 0.3 is 0 Å². The number of para-hydroxylation sites is 3. The van der Waals surface area contributed by atoms with E-state index in [4.69, 9.17) is 0 Å². The monoisotopic (exact) mass is 780 g/mol. The SMILES string of the molecule is Cc1cccc2c1[Si](C)(C)c1ccccc1N2c1cccc2c(C=Cc3ccc4c(c3)C(C)(C)c3cc(N5c6ccccc6Sc6ccccc65)ccc3-4)cccc12. The number of fused-ring (bicyclic) bond motifs is 8. The third kappa shape index (κ3) is 5.18. The normalized spacial score (nSPS) is 15.4. The lowest BCUT2D eigenvalue weighted by Gasteiger charge is -2.42. The van der Waals surface area contributed by atoms with Gasteiger partial charge in [0, 0.05) is 37.7 Å². The predicted octanol–water partition coefficient (Wildman–Crippen LogP) is 14.2. The van der Waals surface area contributed by atoms with Crippen LogP contribution in [0.15, 0.2) is 174 Å². The van der Waals surface area contributed by atoms with Crippen molar-refractivity contribution in [2.75, 3.05) is 9.80 Å². The van der Waals surface area contributed by atoms with Crippen LogP contribution in [0.3, 0.4) is 0 Å². The Hall–Kier alpha value is -6.07. The topological polar surface area (TPSA) is 6.48 Å². The number of hydrogen-bond donors (Lipinski definition) is 0. The Balaban J connectivity index is 0.955. The standard InChI is InChI=1S/C54H44N2SSi/c1-35-15-12-23-49-53(35)58(4,5)52-26-11-8-21-48(52)56(49)45-22-14-17-39-37(16-13-18-42(39)45)29-27-36-28-31-40-41-32-30-38(34-44(41)54(2,3)43(40)33-36)55-46-19-6-9-24-50(46)57-51-25-10-7-20-47(51)55/h6-34H,1-5H3. The molecule has 2 aliphatic heterocycles. The van der Waals surface area contributed by atoms with E-state index in [1.807, 2.05) is 11.8 Å². The fourth-order valence-corrected chi connectivity index (χ4v) is 14.8. The van der Waals surface area contributed by atoms with Crippen LogP contribution in [0, 0.1) is 6.92 Å². The fourth-order valence-electron chi connectivity index (χ4n) is 10.2. The number of aryl methyl sites for hydroxylation is 1. The first-order chi connectivity index (χ1) is 28.2. The van der Waals surface area contributed by atoms with Crippen molar-refractivity contribution in [1.82, 2.24) is 0 Å². The van der Waals surface area contributed by atoms with Crippen molar-refractivity contribution in [2.24, 2.45) is 0 Å². The molecule has 0 amide bonds. The number of nitrogens with zero attached hydrogens (tertiary/aromatic N) is 2. The first-order valence-electron chi connectivity index (χ1n) is 20.4. The minimum atomic E-state index is -1.91. The smallest absolute Gasteiger partial charge is 0.118 e. The summed E-state index contributed by atoms with van der Waals surface area (Å²) in [5.74, 6) is 0. The second-order valence-corrected chi connectivity index (χ2v) is 22.4. The van der Waals surface area contributed by atoms with Crippen LogP contribution >= 0.6 is 11.8 Å². The first-order valence-corrected chi connectivity index (χ1v) is 24.2. The quantitative estimate of drug-likeness (QED) is 0.130. The fraction of sp³-hybridized carbons (Fsp3) is 0.111. The highest BCUT2D eigenvalue weighted by molar-refractivity contribution is 7.99. The van der Waals surface area contributed by atoms with Crippen molar-refractivity contribution in [1.29, 1.82) is 0 Å². The molecular formula is C54H44N2SSi. The third-order valence-electron chi connectivity index (χ3n) is 12.9. The van der Waals surface area contributed by atoms with Crippen molar-refractivity contribution in [3.8, 4) is 11.1 Å². The Bertz CT molecular complexity index is 2980. The second kappa shape index (κ2) is 13.0. The Kier molecular flexibility index (Phi) is 7.85. The summed E-state index contributed by atoms with van der Waals surface area (Å²) in [6.07, 6.45) is 4.61. The molecular weight excluding hydrogens is 737 g/mol. The van der Waals surface area contributed by atoms with Gasteiger partial charge in [0.05, 0.1) is 17.1 Å². The van der Waals surface area contributed by atoms with Crippen molar-refractivity contribution in [2.45, 2.75) is 49.1 Å². The first kappa shape index (κ1) is 35.1. The van der Waals surface area contributed by atoms with Gasteiger partial charge in [0.15, 0.2) is 0 Å². The highest BCUT2D eigenvalue weighted by Gasteiger charge is 2.40. The van der Waals surface area contributed by atoms with Gasteiger partial charge in [-0.25, -0.2) is 0 Å². The third-order valence-corrected chi connectivity index (χ3v) is 17.7. The molecule has 8 aromatic carbocycles. The van der Waals surface area contributed by atoms with Gasteiger partial charge in [-0.3, -0.25) is 0 Å². The molecule has 0 aromatic heterocycles. The van der Waals surface area contributed by atoms with E-state index in [1.165, 1.54) is 104 Å². The predicted molar refractivity (Wildman–Crippen MR) is 252 cm³/mol. The van der Waals surface area contributed by atoms with E-state index in [-0.39, 0.29) is 5.41 Å². The lowest BCUT2D eigenvalue weighted by molar-refractivity contribution is 0.660. The maximum absolute atomic E-state index is 2.53. The van der Waals surface area contributed by atoms with E-state index in [2.05, 4.69) is 220 Å². The van der Waals surface area contributed by atoms with Crippen LogP contribution in [0.4, 0.5) is 34.1 Å². The number of hydrogen-bond acceptors (Lipinski definition) is 3. The molecule has 8 aromatic rings. The largest absolute Gasteiger partial charge is 0.310 e. The summed E-state index contributed by atoms with van der Waals surface area (Å²) in [5.41, 5.74) is 16.6. The maximum Gasteiger partial charge on any atom is 0.118 e. The van der Waals surface area contributed by atoms with E-state index >= 15 is 0 Å². The highest BCUT2D eigenvalue weighted by atomic mass is 32.2. The van der Waals surface area contributed by atoms with E-state index in [0.717, 1.165) is 0 Å². The van der Waals surface area contributed by atoms with Crippen molar-refractivity contribution >= 4 is 87.3 Å². The summed E-state index contributed by atoms with van der Waals surface area (Å²) < 4.78 is 0. The zero-order chi connectivity index (χ0) is 39.3. The van der Waals surface area contributed by atoms with Gasteiger partial charge in [0.1, 0.15) is 8.07 Å². The van der Waals surface area contributed by atoms with Gasteiger partial charge in [-0.1, -0.05) is 160 Å². The van der Waals surface area contributed by atoms with Crippen LogP contribution in [0.5, 0.6) is 0 Å². The molecule has 4 heteroatoms. The molecule has 0 saturated carbocycles. The molecule has 3 aliphatic rings. The zero-order valence-electron chi connectivity index (χ0n) is 33.5. The Morgan fingerprint density at radius 2 is 1.12 bits per heavy atom. The average molecular weight is 781 g/mol. The van der Waals surface area contributed by atoms with Crippen LogP contribution in [0.25, 0.3) is 34.1 Å². The number of rotatable bonds is 4. The molecule has 0 spiro atoms. The van der Waals surface area contributed by atoms with Gasteiger partial charge in [-0.15, -0.1) is 0 Å². The van der Waals surface area contributed by atoms with Crippen molar-refractivity contribution in [3.63, 3.8) is 0 Å². The Labute approximate surface area is 347 Å². The minimum absolute atomic E-state index is 0.154. The molecule has 2 heterocycles. The molecule has 2 nitrogen and oxygen atoms in total. The molecule has 0 saturated heterocycles. The number of anilines is 6. The van der Waals surface area contributed by atoms with Crippen LogP contribution in [0.2, 0.25) is 13.1 Å². The summed E-state index contributed by atoms with van der Waals surface area (Å²) in [6, 6.07) is 61.2. The molecule has 280 valence electrons. The van der Waals surface area contributed by atoms with E-state index in [0.29, 0.717) is 0 Å². The molecule has 0 bridgehead atoms. The summed E-state index contributed by atoms with van der Waals surface area (Å²) in [7, 11) is -1.91. The Morgan fingerprint density at radius 3 is 1.90 bits per heavy atom. The summed E-state index contributed by atoms with van der Waals surface area (Å²) in [5, 5.41) is 5.53. The van der Waals surface area contributed by atoms with E-state index in [1.54, 1.807) is 0 Å². The van der Waals surface area contributed by atoms with Gasteiger partial charge in [0.25, 0.3) is 0 Å². The molecule has 1 aliphatic carbocycles. The minimum Gasteiger partial charge on any atom is -0.310 e. The lowest BCUT2D eigenvalue weighted by atomic mass is 9.81. The highest BCUT2D eigenvalue weighted by Crippen LogP contribution is 2.54. The van der Waals surface area contributed by atoms with Crippen LogP contribution < -0.4 is 20.2 Å². The zero-order valence-corrected chi connectivity index (χ0v) is 35.4. The van der Waals surface area contributed by atoms with Gasteiger partial charge in [0.2, 0.25) is 0 Å². The average Bonchev–Trinajstić information content (AvgIpc) is 3.46. The molecule has 0 radical (unpaired) electrons. The Morgan fingerprint density at radius 1 is 0.517 bits per heavy atom. The summed E-state index contributed by atoms with van der Waals surface area (Å²) in [6.45, 7) is 12.1. The number of benzene rings is 8. The maximum atomic E-state index is 2.53. The molecule has 0 fully saturated rings. The van der Waals surface area contributed by atoms with Gasteiger partial charge < -0.3 is 9.80 Å². The summed E-state index contributed by atoms with van der Waals surface area (Å²) in [4.78, 5) is 7.53. The molecule has 0 unspecified atom stereocenters. The van der Waals surface area contributed by atoms with Crippen LogP contribution in [0.1, 0.15) is 41.7 Å². The van der Waals surface area contributed by atoms with Crippen LogP contribution in [-0.2, 0) is 5.41 Å². The summed E-state index contributed by atoms with van der Waals surface area (Å²) >= 11 is 1.85. The van der Waals surface area contributed by atoms with Gasteiger partial charge in [-0.05, 0) is 116 Å². The molecule has 0 N–H and O–H groups in total. The molecule has 0 atom stereocenters. The van der Waals surface area contributed by atoms with E-state index < -0.39 is 8.07 Å². The van der Waals surface area contributed by atoms with Crippen molar-refractivity contribution < 1.29 is 0 Å². The lowest BCUT2D eigenvalue weighted by Crippen LogP contribution is -2.59. The van der Waals surface area contributed by atoms with Crippen molar-refractivity contribution in [3.05, 3.63) is 192 Å². The molecule has 11 rings (SSSR count). The molecule has 58 heavy (non-hydrogen) atoms.